The fraction of sp³-hybridized carbons (Fsp3) is 0.429. The van der Waals surface area contributed by atoms with Crippen molar-refractivity contribution in [2.45, 2.75) is 285 Å². The topological polar surface area (TPSA) is 177 Å². The minimum absolute atomic E-state index is 0.614. The molecule has 16 bridgehead atoms. The zero-order chi connectivity index (χ0) is 86.4. The number of benzene rings is 2. The molecule has 0 aliphatic carbocycles. The number of unbranched alkanes of at least 4 members (excludes halogenated alkanes) is 36. The number of ether oxygens (including phenoxy) is 4. The molecule has 0 saturated carbocycles. The number of aromatic amines is 4. The summed E-state index contributed by atoms with van der Waals surface area (Å²) in [5, 5.41) is 0. The normalized spacial score (nSPS) is 12.1. The number of nitrogens with zero attached hydrogens (tertiary/aromatic N) is 6. The Balaban J connectivity index is 0.908. The maximum absolute atomic E-state index is 6.84. The lowest BCUT2D eigenvalue weighted by Crippen LogP contribution is -2.01. The number of rotatable bonds is 52. The summed E-state index contributed by atoms with van der Waals surface area (Å²) in [6, 6.07) is 42.4. The minimum atomic E-state index is 0.614. The van der Waals surface area contributed by atoms with Gasteiger partial charge in [0.05, 0.1) is 94.1 Å². The molecule has 4 aliphatic heterocycles. The van der Waals surface area contributed by atoms with Gasteiger partial charge in [0.15, 0.2) is 0 Å². The van der Waals surface area contributed by atoms with Crippen molar-refractivity contribution in [1.82, 2.24) is 49.8 Å². The molecule has 0 spiro atoms. The number of hydrogen-bond acceptors (Lipinski definition) is 10. The van der Waals surface area contributed by atoms with Crippen LogP contribution in [0.25, 0.3) is 137 Å². The van der Waals surface area contributed by atoms with Crippen LogP contribution in [0, 0.1) is 11.8 Å². The molecule has 0 unspecified atom stereocenters. The number of aromatic nitrogens is 10. The Labute approximate surface area is 750 Å². The van der Waals surface area contributed by atoms with Crippen LogP contribution in [0.2, 0.25) is 0 Å². The van der Waals surface area contributed by atoms with Gasteiger partial charge < -0.3 is 38.9 Å². The summed E-state index contributed by atoms with van der Waals surface area (Å²) in [6.07, 6.45) is 74.3. The molecule has 4 N–H and O–H groups in total. The Morgan fingerprint density at radius 1 is 0.230 bits per heavy atom. The number of hydrogen-bond donors (Lipinski definition) is 4. The fourth-order valence-corrected chi connectivity index (χ4v) is 17.8. The van der Waals surface area contributed by atoms with Gasteiger partial charge >= 0.3 is 0 Å². The van der Waals surface area contributed by atoms with Gasteiger partial charge in [0.25, 0.3) is 0 Å². The lowest BCUT2D eigenvalue weighted by atomic mass is 10.0. The maximum Gasteiger partial charge on any atom is 0.123 e. The monoisotopic (exact) mass is 1690 g/mol. The highest BCUT2D eigenvalue weighted by molar-refractivity contribution is 5.98. The molecule has 8 aromatic heterocycles. The second kappa shape index (κ2) is 49.6. The van der Waals surface area contributed by atoms with Gasteiger partial charge in [-0.15, -0.1) is 0 Å². The van der Waals surface area contributed by atoms with E-state index in [1.807, 2.05) is 49.1 Å². The Hall–Kier alpha value is -11.3. The van der Waals surface area contributed by atoms with Crippen molar-refractivity contribution in [2.24, 2.45) is 0 Å². The van der Waals surface area contributed by atoms with Crippen molar-refractivity contribution in [1.29, 1.82) is 0 Å². The van der Waals surface area contributed by atoms with E-state index in [2.05, 4.69) is 215 Å². The number of H-pyrrole nitrogens is 4. The molecule has 0 radical (unpaired) electrons. The molecule has 0 atom stereocenters. The first-order valence-corrected chi connectivity index (χ1v) is 48.8. The third kappa shape index (κ3) is 26.7. The van der Waals surface area contributed by atoms with Crippen LogP contribution in [0.4, 0.5) is 0 Å². The Morgan fingerprint density at radius 3 is 0.802 bits per heavy atom. The van der Waals surface area contributed by atoms with Crippen molar-refractivity contribution < 1.29 is 18.9 Å². The Bertz CT molecular complexity index is 5260. The molecule has 0 fully saturated rings. The summed E-state index contributed by atoms with van der Waals surface area (Å²) in [7, 11) is 0. The van der Waals surface area contributed by atoms with E-state index in [0.29, 0.717) is 48.9 Å². The maximum atomic E-state index is 6.84. The average molecular weight is 1690 g/mol. The van der Waals surface area contributed by atoms with Gasteiger partial charge in [-0.2, -0.15) is 0 Å². The first-order valence-electron chi connectivity index (χ1n) is 48.8. The molecule has 14 heteroatoms. The standard InChI is InChI=1S/C112H136N10O4/c1-5-9-13-17-21-25-29-33-37-41-71-123-91-75-85(76-92(81-91)124-72-42-38-34-30-26-22-18-14-10-6-2)111-103-53-47-89(117-103)79-87-45-51-101(115-87)109(83-63-67-113-68-64-83)105-59-55-97(119-105)95(99-57-61-107(111)121-99)49-50-96-98-56-60-106(120-98)110(84-65-69-114-70-66-84)102-52-46-88(116-102)80-90-48-54-104(118-90)112(108-62-58-100(96)122-108)86-77-93(125-73-43-39-35-31-27-23-19-15-11-7-3)82-94(78-86)126-74-44-40-36-32-28-24-20-16-12-8-4/h45-48,51-70,75-82,115-116,121-122H,5-44,71-74H2,1-4H3. The van der Waals surface area contributed by atoms with Gasteiger partial charge in [-0.1, -0.05) is 271 Å². The van der Waals surface area contributed by atoms with Gasteiger partial charge in [-0.05, 0) is 206 Å². The first-order chi connectivity index (χ1) is 62.3. The highest BCUT2D eigenvalue weighted by Gasteiger charge is 2.22. The van der Waals surface area contributed by atoms with E-state index >= 15 is 0 Å². The van der Waals surface area contributed by atoms with E-state index in [-0.39, 0.29) is 0 Å². The van der Waals surface area contributed by atoms with E-state index in [0.717, 1.165) is 197 Å². The quantitative estimate of drug-likeness (QED) is 0.0212. The number of fused-ring (bicyclic) bond motifs is 16. The van der Waals surface area contributed by atoms with Crippen LogP contribution in [-0.2, 0) is 0 Å². The van der Waals surface area contributed by atoms with Crippen LogP contribution in [-0.4, -0.2) is 76.3 Å². The number of pyridine rings is 2. The molecule has 0 amide bonds. The number of nitrogens with one attached hydrogen (secondary N) is 4. The summed E-state index contributed by atoms with van der Waals surface area (Å²) < 4.78 is 27.4. The highest BCUT2D eigenvalue weighted by atomic mass is 16.5. The molecule has 4 aliphatic rings. The summed E-state index contributed by atoms with van der Waals surface area (Å²) in [5.74, 6) is 10.8. The average Bonchev–Trinajstić information content (AvgIpc) is 1.60. The van der Waals surface area contributed by atoms with Crippen molar-refractivity contribution in [2.75, 3.05) is 26.4 Å². The third-order valence-corrected chi connectivity index (χ3v) is 24.8. The summed E-state index contributed by atoms with van der Waals surface area (Å²) >= 11 is 0. The smallest absolute Gasteiger partial charge is 0.123 e. The SMILES string of the molecule is CCCCCCCCCCCCOc1cc(OCCCCCCCCCCCC)cc(-c2c3nc(cc4ccc([nH]4)c(-c4ccncc4)c4nc(c(C#Cc5c6nc(c(-c7ccncc7)c7ccc(cc8nc(c(-c9cc(OCCCCCCCCCCCC)cc(OCCCCCCCCCCCC)c9)c9ccc5[nH]9)C=C8)[nH]7)C=C6)c5ccc2[nH]5)C=C4)C=C3)c1. The fourth-order valence-electron chi connectivity index (χ4n) is 17.8. The lowest BCUT2D eigenvalue weighted by molar-refractivity contribution is 0.289. The first kappa shape index (κ1) is 90.9. The molecule has 126 heavy (non-hydrogen) atoms. The van der Waals surface area contributed by atoms with Crippen LogP contribution >= 0.6 is 0 Å². The van der Waals surface area contributed by atoms with E-state index in [9.17, 15) is 0 Å². The van der Waals surface area contributed by atoms with Crippen molar-refractivity contribution in [3.05, 3.63) is 203 Å². The Morgan fingerprint density at radius 2 is 0.484 bits per heavy atom. The predicted octanol–water partition coefficient (Wildman–Crippen LogP) is 31.7. The molecule has 0 saturated heterocycles. The molecule has 658 valence electrons. The van der Waals surface area contributed by atoms with Crippen LogP contribution < -0.4 is 18.9 Å². The predicted molar refractivity (Wildman–Crippen MR) is 530 cm³/mol. The summed E-state index contributed by atoms with van der Waals surface area (Å²) in [4.78, 5) is 46.8. The van der Waals surface area contributed by atoms with Gasteiger partial charge in [0, 0.05) is 92.3 Å². The van der Waals surface area contributed by atoms with E-state index in [4.69, 9.17) is 38.9 Å². The third-order valence-electron chi connectivity index (χ3n) is 24.8. The lowest BCUT2D eigenvalue weighted by Gasteiger charge is -2.14. The summed E-state index contributed by atoms with van der Waals surface area (Å²) in [6.45, 7) is 11.6. The van der Waals surface area contributed by atoms with E-state index in [1.54, 1.807) is 0 Å². The molecule has 12 heterocycles. The van der Waals surface area contributed by atoms with Crippen LogP contribution in [0.15, 0.2) is 146 Å². The zero-order valence-electron chi connectivity index (χ0n) is 75.9. The van der Waals surface area contributed by atoms with Crippen molar-refractivity contribution >= 4 is 92.7 Å². The van der Waals surface area contributed by atoms with Crippen molar-refractivity contribution in [3.8, 4) is 79.3 Å². The Kier molecular flexibility index (Phi) is 35.8. The zero-order valence-corrected chi connectivity index (χ0v) is 75.9. The van der Waals surface area contributed by atoms with E-state index < -0.39 is 0 Å². The second-order valence-corrected chi connectivity index (χ2v) is 34.9. The summed E-state index contributed by atoms with van der Waals surface area (Å²) in [5.41, 5.74) is 21.8. The van der Waals surface area contributed by atoms with Crippen LogP contribution in [0.3, 0.4) is 0 Å². The van der Waals surface area contributed by atoms with Gasteiger partial charge in [0.2, 0.25) is 0 Å². The van der Waals surface area contributed by atoms with Crippen molar-refractivity contribution in [3.63, 3.8) is 0 Å². The molecule has 2 aromatic carbocycles. The van der Waals surface area contributed by atoms with E-state index in [1.165, 1.54) is 205 Å². The van der Waals surface area contributed by atoms with Gasteiger partial charge in [-0.25, -0.2) is 19.9 Å². The van der Waals surface area contributed by atoms with Crippen LogP contribution in [0.1, 0.15) is 341 Å². The largest absolute Gasteiger partial charge is 0.493 e. The molecular weight excluding hydrogens is 1550 g/mol. The molecule has 14 nitrogen and oxygen atoms in total. The second-order valence-electron chi connectivity index (χ2n) is 34.9. The van der Waals surface area contributed by atoms with Gasteiger partial charge in [-0.3, -0.25) is 9.97 Å². The molecular formula is C112H136N10O4. The molecule has 14 rings (SSSR count). The van der Waals surface area contributed by atoms with Crippen LogP contribution in [0.5, 0.6) is 23.0 Å². The highest BCUT2D eigenvalue weighted by Crippen LogP contribution is 2.41. The minimum Gasteiger partial charge on any atom is -0.493 e. The van der Waals surface area contributed by atoms with Gasteiger partial charge in [0.1, 0.15) is 23.0 Å². The molecule has 10 aromatic rings.